The molecule has 0 aromatic rings. The molecule has 248 valence electrons. The highest BCUT2D eigenvalue weighted by atomic mass is 17.3. The summed E-state index contributed by atoms with van der Waals surface area (Å²) in [5, 5.41) is 23.1. The van der Waals surface area contributed by atoms with Gasteiger partial charge in [-0.2, -0.15) is 0 Å². The van der Waals surface area contributed by atoms with Crippen molar-refractivity contribution in [2.75, 3.05) is 0 Å². The maximum atomic E-state index is 12.9. The van der Waals surface area contributed by atoms with Crippen LogP contribution in [0.2, 0.25) is 0 Å². The number of amides is 2. The number of carboxylic acids is 2. The fourth-order valence-corrected chi connectivity index (χ4v) is 7.18. The van der Waals surface area contributed by atoms with E-state index in [0.29, 0.717) is 12.3 Å². The van der Waals surface area contributed by atoms with Gasteiger partial charge in [0.15, 0.2) is 11.9 Å². The second-order valence-electron chi connectivity index (χ2n) is 13.3. The molecule has 4 heterocycles. The van der Waals surface area contributed by atoms with E-state index in [9.17, 15) is 29.1 Å². The number of carboxylic acid groups (broad SMARTS) is 2. The monoisotopic (exact) mass is 626 g/mol. The lowest BCUT2D eigenvalue weighted by molar-refractivity contribution is -0.576. The van der Waals surface area contributed by atoms with Gasteiger partial charge in [-0.15, -0.1) is 0 Å². The summed E-state index contributed by atoms with van der Waals surface area (Å²) in [4.78, 5) is 72.8. The molecule has 5 rings (SSSR count). The van der Waals surface area contributed by atoms with Crippen LogP contribution in [0.1, 0.15) is 92.4 Å². The number of esters is 1. The van der Waals surface area contributed by atoms with Crippen LogP contribution >= 0.6 is 0 Å². The molecule has 1 saturated carbocycles. The Morgan fingerprint density at radius 2 is 1.66 bits per heavy atom. The highest BCUT2D eigenvalue weighted by Gasteiger charge is 2.69. The summed E-state index contributed by atoms with van der Waals surface area (Å²) in [5.41, 5.74) is -0.796. The normalized spacial score (nSPS) is 35.5. The molecule has 0 radical (unpaired) electrons. The van der Waals surface area contributed by atoms with Gasteiger partial charge in [0, 0.05) is 31.1 Å². The van der Waals surface area contributed by atoms with E-state index in [2.05, 4.69) is 17.6 Å². The average Bonchev–Trinajstić information content (AvgIpc) is 3.17. The van der Waals surface area contributed by atoms with Crippen LogP contribution in [0.25, 0.3) is 0 Å². The van der Waals surface area contributed by atoms with Crippen LogP contribution in [-0.4, -0.2) is 76.0 Å². The molecule has 14 heteroatoms. The van der Waals surface area contributed by atoms with E-state index in [-0.39, 0.29) is 49.4 Å². The number of aliphatic carboxylic acids is 2. The van der Waals surface area contributed by atoms with E-state index in [1.165, 1.54) is 0 Å². The summed E-state index contributed by atoms with van der Waals surface area (Å²) in [7, 11) is 0. The number of fused-ring (bicyclic) bond motifs is 2. The molecule has 2 amide bonds. The van der Waals surface area contributed by atoms with Crippen LogP contribution in [0.5, 0.6) is 0 Å². The van der Waals surface area contributed by atoms with Crippen LogP contribution < -0.4 is 10.6 Å². The van der Waals surface area contributed by atoms with Crippen molar-refractivity contribution in [2.24, 2.45) is 29.6 Å². The van der Waals surface area contributed by atoms with E-state index in [1.807, 2.05) is 27.7 Å². The maximum Gasteiger partial charge on any atom is 0.326 e. The minimum Gasteiger partial charge on any atom is -0.481 e. The van der Waals surface area contributed by atoms with Gasteiger partial charge in [-0.25, -0.2) is 14.6 Å². The first-order valence-corrected chi connectivity index (χ1v) is 15.6. The van der Waals surface area contributed by atoms with Crippen molar-refractivity contribution in [3.05, 3.63) is 0 Å². The predicted octanol–water partition coefficient (Wildman–Crippen LogP) is 2.48. The Balaban J connectivity index is 1.34. The molecule has 44 heavy (non-hydrogen) atoms. The molecule has 10 atom stereocenters. The van der Waals surface area contributed by atoms with Crippen LogP contribution in [0.15, 0.2) is 0 Å². The molecule has 2 bridgehead atoms. The fourth-order valence-electron chi connectivity index (χ4n) is 7.18. The molecule has 5 aliphatic rings. The minimum absolute atomic E-state index is 0.0352. The van der Waals surface area contributed by atoms with Crippen LogP contribution in [-0.2, 0) is 48.0 Å². The number of ether oxygens (including phenoxy) is 3. The third kappa shape index (κ3) is 7.35. The molecule has 4 N–H and O–H groups in total. The van der Waals surface area contributed by atoms with Crippen LogP contribution in [0.3, 0.4) is 0 Å². The number of carbonyl (C=O) groups excluding carboxylic acids is 3. The molecule has 4 aliphatic heterocycles. The Morgan fingerprint density at radius 1 is 0.932 bits per heavy atom. The lowest BCUT2D eigenvalue weighted by Gasteiger charge is -2.59. The van der Waals surface area contributed by atoms with Gasteiger partial charge >= 0.3 is 17.9 Å². The molecule has 0 aromatic carbocycles. The number of hydrogen-bond acceptors (Lipinski definition) is 10. The third-order valence-corrected chi connectivity index (χ3v) is 9.52. The Morgan fingerprint density at radius 3 is 2.32 bits per heavy atom. The quantitative estimate of drug-likeness (QED) is 0.172. The Kier molecular flexibility index (Phi) is 10.6. The summed E-state index contributed by atoms with van der Waals surface area (Å²) in [6.45, 7) is 9.62. The Hall–Kier alpha value is -2.81. The maximum absolute atomic E-state index is 12.9. The number of nitrogens with one attached hydrogen (secondary N) is 2. The summed E-state index contributed by atoms with van der Waals surface area (Å²) in [5.74, 6) is -5.28. The molecule has 0 aromatic heterocycles. The standard InChI is InChI=1S/C30H46N2O12/c1-15(2)14-21(25(37)32-20(26(38)39)8-10-23(34)35)31-22(33)9-11-24(36)40-27-17(4)19-7-6-16(3)18-12-13-29(5)42-28(41-27)30(18,19)44-43-29/h15-21,27-28H,6-14H2,1-5H3,(H,31,33)(H,32,37)(H,34,35)(H,38,39)/t16-,17+,18+,19-,20-,21+,27-,28+,29-,30-/m1/s1. The zero-order chi connectivity index (χ0) is 32.4. The van der Waals surface area contributed by atoms with Gasteiger partial charge in [-0.1, -0.05) is 27.7 Å². The number of hydrogen-bond donors (Lipinski definition) is 4. The Bertz CT molecular complexity index is 1120. The first-order valence-electron chi connectivity index (χ1n) is 15.6. The van der Waals surface area contributed by atoms with Crippen molar-refractivity contribution in [1.82, 2.24) is 10.6 Å². The average molecular weight is 627 g/mol. The molecular formula is C30H46N2O12. The molecule has 1 aliphatic carbocycles. The highest BCUT2D eigenvalue weighted by Crippen LogP contribution is 2.60. The number of carbonyl (C=O) groups is 5. The van der Waals surface area contributed by atoms with Gasteiger partial charge in [0.25, 0.3) is 0 Å². The molecule has 4 saturated heterocycles. The lowest BCUT2D eigenvalue weighted by Crippen LogP contribution is -2.70. The molecular weight excluding hydrogens is 580 g/mol. The smallest absolute Gasteiger partial charge is 0.326 e. The van der Waals surface area contributed by atoms with Crippen molar-refractivity contribution in [2.45, 2.75) is 128 Å². The first kappa shape index (κ1) is 34.1. The first-order chi connectivity index (χ1) is 20.6. The van der Waals surface area contributed by atoms with Gasteiger partial charge in [-0.3, -0.25) is 19.2 Å². The summed E-state index contributed by atoms with van der Waals surface area (Å²) in [6, 6.07) is -2.50. The van der Waals surface area contributed by atoms with Crippen LogP contribution in [0.4, 0.5) is 0 Å². The van der Waals surface area contributed by atoms with Gasteiger partial charge in [0.05, 0.1) is 6.42 Å². The van der Waals surface area contributed by atoms with Crippen molar-refractivity contribution in [3.8, 4) is 0 Å². The van der Waals surface area contributed by atoms with E-state index in [4.69, 9.17) is 29.1 Å². The van der Waals surface area contributed by atoms with E-state index in [1.54, 1.807) is 0 Å². The van der Waals surface area contributed by atoms with Gasteiger partial charge in [0.1, 0.15) is 12.1 Å². The van der Waals surface area contributed by atoms with Crippen molar-refractivity contribution >= 4 is 29.7 Å². The van der Waals surface area contributed by atoms with Gasteiger partial charge in [0.2, 0.25) is 23.9 Å². The SMILES string of the molecule is CC(C)C[C@H](NC(=O)CCC(=O)O[C@@H]1O[C@H]2O[C@@]3(C)CC[C@H]4[C@H](C)CC[C@H]([C@@H]1C)[C@@]24OO3)C(=O)N[C@H](CCC(=O)O)C(=O)O. The second kappa shape index (κ2) is 13.7. The van der Waals surface area contributed by atoms with Crippen LogP contribution in [0, 0.1) is 29.6 Å². The molecule has 0 unspecified atom stereocenters. The third-order valence-electron chi connectivity index (χ3n) is 9.52. The van der Waals surface area contributed by atoms with E-state index >= 15 is 0 Å². The zero-order valence-electron chi connectivity index (χ0n) is 26.0. The summed E-state index contributed by atoms with van der Waals surface area (Å²) in [6.07, 6.45) is 0.558. The van der Waals surface area contributed by atoms with Crippen molar-refractivity contribution in [3.63, 3.8) is 0 Å². The van der Waals surface area contributed by atoms with Crippen molar-refractivity contribution < 1.29 is 58.2 Å². The van der Waals surface area contributed by atoms with E-state index < -0.39 is 72.2 Å². The highest BCUT2D eigenvalue weighted by molar-refractivity contribution is 5.91. The zero-order valence-corrected chi connectivity index (χ0v) is 26.0. The predicted molar refractivity (Wildman–Crippen MR) is 150 cm³/mol. The van der Waals surface area contributed by atoms with Gasteiger partial charge < -0.3 is 35.1 Å². The van der Waals surface area contributed by atoms with Gasteiger partial charge in [-0.05, 0) is 56.8 Å². The molecule has 5 fully saturated rings. The van der Waals surface area contributed by atoms with Crippen molar-refractivity contribution in [1.29, 1.82) is 0 Å². The lowest BCUT2D eigenvalue weighted by atomic mass is 9.58. The Labute approximate surface area is 256 Å². The number of rotatable bonds is 13. The largest absolute Gasteiger partial charge is 0.481 e. The second-order valence-corrected chi connectivity index (χ2v) is 13.3. The summed E-state index contributed by atoms with van der Waals surface area (Å²) >= 11 is 0. The summed E-state index contributed by atoms with van der Waals surface area (Å²) < 4.78 is 18.3. The minimum atomic E-state index is -1.42. The fraction of sp³-hybridized carbons (Fsp3) is 0.833. The molecule has 14 nitrogen and oxygen atoms in total. The van der Waals surface area contributed by atoms with E-state index in [0.717, 1.165) is 19.3 Å². The topological polar surface area (TPSA) is 196 Å². The molecule has 1 spiro atoms.